The Labute approximate surface area is 198 Å². The summed E-state index contributed by atoms with van der Waals surface area (Å²) in [6, 6.07) is 18.0. The summed E-state index contributed by atoms with van der Waals surface area (Å²) in [6.07, 6.45) is 5.72. The third-order valence-corrected chi connectivity index (χ3v) is 6.58. The Kier molecular flexibility index (Phi) is 6.45. The smallest absolute Gasteiger partial charge is 0.415 e. The number of hydrogen-bond acceptors (Lipinski definition) is 5. The van der Waals surface area contributed by atoms with Crippen molar-refractivity contribution in [2.75, 3.05) is 24.5 Å². The summed E-state index contributed by atoms with van der Waals surface area (Å²) in [5.41, 5.74) is 2.34. The van der Waals surface area contributed by atoms with Gasteiger partial charge in [-0.3, -0.25) is 14.8 Å². The molecule has 1 atom stereocenters. The minimum Gasteiger partial charge on any atom is -0.489 e. The van der Waals surface area contributed by atoms with Crippen LogP contribution >= 0.6 is 0 Å². The predicted molar refractivity (Wildman–Crippen MR) is 127 cm³/mol. The monoisotopic (exact) mass is 461 g/mol. The minimum atomic E-state index is -0.503. The Morgan fingerprint density at radius 3 is 2.71 bits per heavy atom. The van der Waals surface area contributed by atoms with Crippen molar-refractivity contribution in [2.24, 2.45) is 0 Å². The van der Waals surface area contributed by atoms with Gasteiger partial charge in [0.2, 0.25) is 0 Å². The molecule has 34 heavy (non-hydrogen) atoms. The highest BCUT2D eigenvalue weighted by atomic mass is 19.1. The number of halogens is 1. The second-order valence-electron chi connectivity index (χ2n) is 9.00. The summed E-state index contributed by atoms with van der Waals surface area (Å²) in [7, 11) is 0. The highest BCUT2D eigenvalue weighted by Crippen LogP contribution is 2.36. The summed E-state index contributed by atoms with van der Waals surface area (Å²) >= 11 is 0. The average molecular weight is 462 g/mol. The lowest BCUT2D eigenvalue weighted by Gasteiger charge is -2.26. The number of aromatic nitrogens is 1. The van der Waals surface area contributed by atoms with E-state index in [2.05, 4.69) is 16.0 Å². The van der Waals surface area contributed by atoms with Crippen molar-refractivity contribution in [1.29, 1.82) is 0 Å². The highest BCUT2D eigenvalue weighted by Gasteiger charge is 2.46. The first-order valence-corrected chi connectivity index (χ1v) is 11.7. The van der Waals surface area contributed by atoms with E-state index >= 15 is 0 Å². The van der Waals surface area contributed by atoms with E-state index < -0.39 is 5.60 Å². The van der Waals surface area contributed by atoms with Gasteiger partial charge in [0.15, 0.2) is 0 Å². The maximum Gasteiger partial charge on any atom is 0.415 e. The molecule has 5 rings (SSSR count). The van der Waals surface area contributed by atoms with Gasteiger partial charge in [0.1, 0.15) is 23.8 Å². The van der Waals surface area contributed by atoms with Crippen molar-refractivity contribution in [3.8, 4) is 5.75 Å². The molecule has 7 heteroatoms. The molecule has 176 valence electrons. The molecule has 1 aromatic heterocycles. The molecular formula is C27H28FN3O3. The third-order valence-electron chi connectivity index (χ3n) is 6.58. The molecule has 2 aliphatic rings. The number of carbonyl (C=O) groups excluding carboxylic acids is 1. The van der Waals surface area contributed by atoms with Gasteiger partial charge >= 0.3 is 6.09 Å². The summed E-state index contributed by atoms with van der Waals surface area (Å²) in [4.78, 5) is 20.8. The zero-order valence-corrected chi connectivity index (χ0v) is 19.0. The van der Waals surface area contributed by atoms with Crippen molar-refractivity contribution in [2.45, 2.75) is 38.0 Å². The zero-order valence-electron chi connectivity index (χ0n) is 19.0. The van der Waals surface area contributed by atoms with E-state index in [1.807, 2.05) is 36.5 Å². The third kappa shape index (κ3) is 5.04. The van der Waals surface area contributed by atoms with Crippen LogP contribution in [0.2, 0.25) is 0 Å². The van der Waals surface area contributed by atoms with Gasteiger partial charge in [-0.05, 0) is 55.8 Å². The Balaban J connectivity index is 1.22. The fraction of sp³-hybridized carbons (Fsp3) is 0.333. The van der Waals surface area contributed by atoms with Crippen LogP contribution in [0.3, 0.4) is 0 Å². The fourth-order valence-corrected chi connectivity index (χ4v) is 4.75. The van der Waals surface area contributed by atoms with Gasteiger partial charge < -0.3 is 9.47 Å². The molecule has 3 aromatic rings. The molecule has 0 radical (unpaired) electrons. The average Bonchev–Trinajstić information content (AvgIpc) is 3.06. The van der Waals surface area contributed by atoms with Gasteiger partial charge in [-0.15, -0.1) is 0 Å². The van der Waals surface area contributed by atoms with Crippen molar-refractivity contribution >= 4 is 11.8 Å². The van der Waals surface area contributed by atoms with E-state index in [1.54, 1.807) is 23.2 Å². The maximum absolute atomic E-state index is 13.3. The number of likely N-dealkylation sites (tertiary alicyclic amines) is 1. The van der Waals surface area contributed by atoms with Gasteiger partial charge in [-0.2, -0.15) is 0 Å². The number of anilines is 1. The lowest BCUT2D eigenvalue weighted by molar-refractivity contribution is 0.0443. The standard InChI is InChI=1S/C27H28FN3O3/c28-23-8-10-24(11-9-23)31-20-27(34-26(31)32)12-4-15-30(16-13-27)18-22-6-1-2-7-25(22)33-19-21-5-3-14-29-17-21/h1-3,5-11,14,17H,4,12-13,15-16,18-20H2/t27-/m1/s1. The van der Waals surface area contributed by atoms with Gasteiger partial charge in [0.25, 0.3) is 0 Å². The molecule has 0 saturated carbocycles. The summed E-state index contributed by atoms with van der Waals surface area (Å²) in [5, 5.41) is 0. The van der Waals surface area contributed by atoms with Gasteiger partial charge in [0.05, 0.1) is 6.54 Å². The summed E-state index contributed by atoms with van der Waals surface area (Å²) < 4.78 is 25.3. The molecule has 3 heterocycles. The lowest BCUT2D eigenvalue weighted by atomic mass is 9.95. The maximum atomic E-state index is 13.3. The minimum absolute atomic E-state index is 0.319. The Hall–Kier alpha value is -3.45. The van der Waals surface area contributed by atoms with Crippen LogP contribution in [0.25, 0.3) is 0 Å². The number of ether oxygens (including phenoxy) is 2. The Morgan fingerprint density at radius 2 is 1.88 bits per heavy atom. The van der Waals surface area contributed by atoms with Crippen LogP contribution in [0, 0.1) is 5.82 Å². The highest BCUT2D eigenvalue weighted by molar-refractivity contribution is 5.90. The fourth-order valence-electron chi connectivity index (χ4n) is 4.75. The van der Waals surface area contributed by atoms with Crippen LogP contribution in [-0.2, 0) is 17.9 Å². The second kappa shape index (κ2) is 9.81. The molecule has 2 fully saturated rings. The molecule has 2 saturated heterocycles. The van der Waals surface area contributed by atoms with Crippen LogP contribution in [0.1, 0.15) is 30.4 Å². The van der Waals surface area contributed by atoms with Gasteiger partial charge in [-0.1, -0.05) is 24.3 Å². The van der Waals surface area contributed by atoms with Crippen LogP contribution < -0.4 is 9.64 Å². The number of hydrogen-bond donors (Lipinski definition) is 0. The van der Waals surface area contributed by atoms with Crippen molar-refractivity contribution in [3.63, 3.8) is 0 Å². The lowest BCUT2D eigenvalue weighted by Crippen LogP contribution is -2.36. The van der Waals surface area contributed by atoms with E-state index in [1.165, 1.54) is 12.1 Å². The Bertz CT molecular complexity index is 1130. The number of pyridine rings is 1. The molecule has 2 aliphatic heterocycles. The van der Waals surface area contributed by atoms with Crippen molar-refractivity contribution < 1.29 is 18.7 Å². The number of benzene rings is 2. The molecule has 0 aliphatic carbocycles. The summed E-state index contributed by atoms with van der Waals surface area (Å²) in [5.74, 6) is 0.556. The van der Waals surface area contributed by atoms with Gasteiger partial charge in [-0.25, -0.2) is 9.18 Å². The quantitative estimate of drug-likeness (QED) is 0.506. The van der Waals surface area contributed by atoms with Gasteiger partial charge in [0, 0.05) is 48.7 Å². The number of rotatable bonds is 6. The van der Waals surface area contributed by atoms with Crippen LogP contribution in [0.4, 0.5) is 14.9 Å². The van der Waals surface area contributed by atoms with Crippen LogP contribution in [0.15, 0.2) is 73.1 Å². The molecule has 6 nitrogen and oxygen atoms in total. The van der Waals surface area contributed by atoms with Crippen molar-refractivity contribution in [3.05, 3.63) is 90.0 Å². The molecular weight excluding hydrogens is 433 g/mol. The van der Waals surface area contributed by atoms with E-state index in [0.29, 0.717) is 18.8 Å². The topological polar surface area (TPSA) is 54.9 Å². The molecule has 1 amide bonds. The molecule has 0 bridgehead atoms. The molecule has 1 spiro atoms. The largest absolute Gasteiger partial charge is 0.489 e. The number of nitrogens with zero attached hydrogens (tertiary/aromatic N) is 3. The Morgan fingerprint density at radius 1 is 1.03 bits per heavy atom. The van der Waals surface area contributed by atoms with Crippen molar-refractivity contribution in [1.82, 2.24) is 9.88 Å². The number of carbonyl (C=O) groups is 1. The van der Waals surface area contributed by atoms with E-state index in [4.69, 9.17) is 9.47 Å². The number of para-hydroxylation sites is 1. The molecule has 0 unspecified atom stereocenters. The molecule has 0 N–H and O–H groups in total. The number of amides is 1. The predicted octanol–water partition coefficient (Wildman–Crippen LogP) is 5.18. The normalized spacial score (nSPS) is 20.9. The second-order valence-corrected chi connectivity index (χ2v) is 9.00. The first-order chi connectivity index (χ1) is 16.6. The van der Waals surface area contributed by atoms with E-state index in [9.17, 15) is 9.18 Å². The van der Waals surface area contributed by atoms with E-state index in [0.717, 1.165) is 55.8 Å². The van der Waals surface area contributed by atoms with Crippen LogP contribution in [0.5, 0.6) is 5.75 Å². The first kappa shape index (κ1) is 22.3. The summed E-state index contributed by atoms with van der Waals surface area (Å²) in [6.45, 7) is 3.49. The van der Waals surface area contributed by atoms with Crippen LogP contribution in [-0.4, -0.2) is 41.2 Å². The molecule has 2 aromatic carbocycles. The zero-order chi connectivity index (χ0) is 23.4. The van der Waals surface area contributed by atoms with E-state index in [-0.39, 0.29) is 11.9 Å². The first-order valence-electron chi connectivity index (χ1n) is 11.7. The SMILES string of the molecule is O=C1O[C@@]2(CCCN(Cc3ccccc3OCc3cccnc3)CC2)CN1c1ccc(F)cc1.